The number of halogens is 1. The maximum Gasteiger partial charge on any atom is 0.214 e. The van der Waals surface area contributed by atoms with Crippen LogP contribution < -0.4 is 5.32 Å². The van der Waals surface area contributed by atoms with Crippen molar-refractivity contribution in [3.63, 3.8) is 0 Å². The molecule has 0 radical (unpaired) electrons. The lowest BCUT2D eigenvalue weighted by Gasteiger charge is -2.32. The maximum absolute atomic E-state index is 13.3. The molecule has 2 aliphatic heterocycles. The quantitative estimate of drug-likeness (QED) is 0.767. The van der Waals surface area contributed by atoms with Crippen LogP contribution in [-0.4, -0.2) is 36.6 Å². The van der Waals surface area contributed by atoms with E-state index in [2.05, 4.69) is 5.32 Å². The van der Waals surface area contributed by atoms with E-state index in [1.54, 1.807) is 0 Å². The average molecular weight is 219 g/mol. The molecule has 2 unspecified atom stereocenters. The predicted octanol–water partition coefficient (Wildman–Crippen LogP) is 1.95. The van der Waals surface area contributed by atoms with Gasteiger partial charge in [-0.2, -0.15) is 11.8 Å². The molecular formula is C10H18FNOS. The first-order valence-electron chi connectivity index (χ1n) is 5.46. The molecule has 0 bridgehead atoms. The van der Waals surface area contributed by atoms with Gasteiger partial charge in [0.2, 0.25) is 6.36 Å². The van der Waals surface area contributed by atoms with Gasteiger partial charge in [-0.25, -0.2) is 4.39 Å². The highest BCUT2D eigenvalue weighted by atomic mass is 32.2. The van der Waals surface area contributed by atoms with Crippen LogP contribution in [0.1, 0.15) is 25.7 Å². The maximum atomic E-state index is 13.3. The Morgan fingerprint density at radius 2 is 2.00 bits per heavy atom. The summed E-state index contributed by atoms with van der Waals surface area (Å²) < 4.78 is 18.3. The summed E-state index contributed by atoms with van der Waals surface area (Å²) in [6, 6.07) is 0.457. The van der Waals surface area contributed by atoms with Gasteiger partial charge in [0.25, 0.3) is 0 Å². The zero-order chi connectivity index (χ0) is 9.80. The molecule has 2 aliphatic rings. The highest BCUT2D eigenvalue weighted by Gasteiger charge is 2.27. The van der Waals surface area contributed by atoms with Gasteiger partial charge in [-0.1, -0.05) is 0 Å². The Morgan fingerprint density at radius 1 is 1.21 bits per heavy atom. The zero-order valence-corrected chi connectivity index (χ0v) is 9.19. The van der Waals surface area contributed by atoms with Crippen LogP contribution in [0.5, 0.6) is 0 Å². The van der Waals surface area contributed by atoms with Crippen molar-refractivity contribution in [2.45, 2.75) is 44.1 Å². The second-order valence-corrected chi connectivity index (χ2v) is 5.25. The van der Waals surface area contributed by atoms with Crippen LogP contribution in [0.3, 0.4) is 0 Å². The van der Waals surface area contributed by atoms with Gasteiger partial charge < -0.3 is 10.1 Å². The van der Waals surface area contributed by atoms with Gasteiger partial charge in [-0.05, 0) is 37.2 Å². The van der Waals surface area contributed by atoms with Crippen molar-refractivity contribution >= 4 is 11.8 Å². The molecule has 0 saturated carbocycles. The van der Waals surface area contributed by atoms with Crippen molar-refractivity contribution in [2.75, 3.05) is 18.1 Å². The van der Waals surface area contributed by atoms with Gasteiger partial charge in [0.1, 0.15) is 0 Å². The van der Waals surface area contributed by atoms with Gasteiger partial charge in [0.05, 0.1) is 12.6 Å². The zero-order valence-electron chi connectivity index (χ0n) is 8.38. The first-order valence-corrected chi connectivity index (χ1v) is 6.61. The van der Waals surface area contributed by atoms with Crippen LogP contribution in [0.2, 0.25) is 0 Å². The Labute approximate surface area is 89.0 Å². The molecule has 82 valence electrons. The lowest BCUT2D eigenvalue weighted by Crippen LogP contribution is -2.48. The van der Waals surface area contributed by atoms with E-state index in [0.29, 0.717) is 12.6 Å². The van der Waals surface area contributed by atoms with Gasteiger partial charge >= 0.3 is 0 Å². The molecule has 0 aromatic heterocycles. The summed E-state index contributed by atoms with van der Waals surface area (Å²) in [5.74, 6) is 2.42. The van der Waals surface area contributed by atoms with Crippen LogP contribution in [0.15, 0.2) is 0 Å². The molecule has 2 nitrogen and oxygen atoms in total. The van der Waals surface area contributed by atoms with Crippen molar-refractivity contribution in [3.05, 3.63) is 0 Å². The Morgan fingerprint density at radius 3 is 2.71 bits per heavy atom. The van der Waals surface area contributed by atoms with Crippen molar-refractivity contribution in [1.29, 1.82) is 0 Å². The third-order valence-electron chi connectivity index (χ3n) is 2.92. The highest BCUT2D eigenvalue weighted by Crippen LogP contribution is 2.21. The summed E-state index contributed by atoms with van der Waals surface area (Å²) >= 11 is 2.00. The Kier molecular flexibility index (Phi) is 4.08. The first-order chi connectivity index (χ1) is 6.86. The molecule has 0 aromatic carbocycles. The van der Waals surface area contributed by atoms with Gasteiger partial charge in [0, 0.05) is 6.04 Å². The minimum absolute atomic E-state index is 0.0585. The molecule has 2 fully saturated rings. The second kappa shape index (κ2) is 5.33. The van der Waals surface area contributed by atoms with E-state index in [1.807, 2.05) is 11.8 Å². The molecule has 0 aromatic rings. The third-order valence-corrected chi connectivity index (χ3v) is 3.97. The molecule has 0 aliphatic carbocycles. The molecule has 0 amide bonds. The fourth-order valence-electron chi connectivity index (χ4n) is 2.07. The summed E-state index contributed by atoms with van der Waals surface area (Å²) in [5, 5.41) is 3.39. The van der Waals surface area contributed by atoms with E-state index < -0.39 is 6.36 Å². The Hall–Kier alpha value is 0.200. The molecule has 14 heavy (non-hydrogen) atoms. The van der Waals surface area contributed by atoms with Crippen LogP contribution in [0, 0.1) is 0 Å². The van der Waals surface area contributed by atoms with E-state index in [9.17, 15) is 4.39 Å². The SMILES string of the molecule is FC1OCCCC1NC1CCSCC1. The Bertz CT molecular complexity index is 176. The number of alkyl halides is 1. The third kappa shape index (κ3) is 2.84. The fraction of sp³-hybridized carbons (Fsp3) is 1.00. The van der Waals surface area contributed by atoms with E-state index in [-0.39, 0.29) is 6.04 Å². The minimum atomic E-state index is -1.08. The molecule has 0 spiro atoms. The second-order valence-electron chi connectivity index (χ2n) is 4.02. The van der Waals surface area contributed by atoms with E-state index >= 15 is 0 Å². The number of nitrogens with one attached hydrogen (secondary N) is 1. The molecule has 2 atom stereocenters. The summed E-state index contributed by atoms with van der Waals surface area (Å²) in [4.78, 5) is 0. The predicted molar refractivity (Wildman–Crippen MR) is 57.4 cm³/mol. The summed E-state index contributed by atoms with van der Waals surface area (Å²) in [6.07, 6.45) is 3.17. The van der Waals surface area contributed by atoms with Crippen molar-refractivity contribution in [3.8, 4) is 0 Å². The largest absolute Gasteiger partial charge is 0.347 e. The van der Waals surface area contributed by atoms with E-state index in [1.165, 1.54) is 24.3 Å². The molecule has 1 N–H and O–H groups in total. The monoisotopic (exact) mass is 219 g/mol. The fourth-order valence-corrected chi connectivity index (χ4v) is 3.18. The number of hydrogen-bond acceptors (Lipinski definition) is 3. The molecule has 4 heteroatoms. The first kappa shape index (κ1) is 10.7. The number of thioether (sulfide) groups is 1. The standard InChI is InChI=1S/C10H18FNOS/c11-10-9(2-1-5-13-10)12-8-3-6-14-7-4-8/h8-10,12H,1-7H2. The van der Waals surface area contributed by atoms with Crippen LogP contribution in [0.4, 0.5) is 4.39 Å². The number of hydrogen-bond donors (Lipinski definition) is 1. The molecular weight excluding hydrogens is 201 g/mol. The van der Waals surface area contributed by atoms with Gasteiger partial charge in [0.15, 0.2) is 0 Å². The van der Waals surface area contributed by atoms with E-state index in [0.717, 1.165) is 12.8 Å². The lowest BCUT2D eigenvalue weighted by atomic mass is 10.1. The summed E-state index contributed by atoms with van der Waals surface area (Å²) in [6.45, 7) is 0.583. The van der Waals surface area contributed by atoms with Crippen LogP contribution in [-0.2, 0) is 4.74 Å². The van der Waals surface area contributed by atoms with Crippen LogP contribution in [0.25, 0.3) is 0 Å². The smallest absolute Gasteiger partial charge is 0.214 e. The van der Waals surface area contributed by atoms with Crippen molar-refractivity contribution < 1.29 is 9.13 Å². The molecule has 2 saturated heterocycles. The average Bonchev–Trinajstić information content (AvgIpc) is 2.23. The minimum Gasteiger partial charge on any atom is -0.347 e. The molecule has 2 rings (SSSR count). The van der Waals surface area contributed by atoms with Gasteiger partial charge in [-0.15, -0.1) is 0 Å². The van der Waals surface area contributed by atoms with Gasteiger partial charge in [-0.3, -0.25) is 0 Å². The number of rotatable bonds is 2. The topological polar surface area (TPSA) is 21.3 Å². The van der Waals surface area contributed by atoms with Crippen molar-refractivity contribution in [1.82, 2.24) is 5.32 Å². The highest BCUT2D eigenvalue weighted by molar-refractivity contribution is 7.99. The Balaban J connectivity index is 1.76. The molecule has 2 heterocycles. The van der Waals surface area contributed by atoms with E-state index in [4.69, 9.17) is 4.74 Å². The normalized spacial score (nSPS) is 35.8. The summed E-state index contributed by atoms with van der Waals surface area (Å²) in [7, 11) is 0. The lowest BCUT2D eigenvalue weighted by molar-refractivity contribution is -0.0917. The van der Waals surface area contributed by atoms with Crippen LogP contribution >= 0.6 is 11.8 Å². The number of ether oxygens (including phenoxy) is 1. The van der Waals surface area contributed by atoms with Crippen molar-refractivity contribution in [2.24, 2.45) is 0 Å². The summed E-state index contributed by atoms with van der Waals surface area (Å²) in [5.41, 5.74) is 0.